The zero-order chi connectivity index (χ0) is 12.3. The molecule has 2 atom stereocenters. The molecule has 0 aliphatic carbocycles. The van der Waals surface area contributed by atoms with Gasteiger partial charge >= 0.3 is 6.18 Å². The second kappa shape index (κ2) is 4.82. The number of rotatable bonds is 4. The molecule has 0 aliphatic rings. The number of nitrogens with two attached hydrogens (primary N) is 1. The van der Waals surface area contributed by atoms with E-state index in [2.05, 4.69) is 10.1 Å². The standard InChI is InChI=1S/C9H14F3N3O/c1-3-5(2)7(13)8-14-6(15-16-8)4-9(10,11)12/h5,7H,3-4,13H2,1-2H3. The molecule has 0 fully saturated rings. The summed E-state index contributed by atoms with van der Waals surface area (Å²) in [5, 5.41) is 3.25. The molecule has 2 unspecified atom stereocenters. The van der Waals surface area contributed by atoms with Crippen molar-refractivity contribution in [2.45, 2.75) is 38.9 Å². The zero-order valence-corrected chi connectivity index (χ0v) is 9.08. The van der Waals surface area contributed by atoms with Crippen molar-refractivity contribution < 1.29 is 17.7 Å². The summed E-state index contributed by atoms with van der Waals surface area (Å²) in [4.78, 5) is 3.64. The van der Waals surface area contributed by atoms with E-state index in [0.29, 0.717) is 0 Å². The average Bonchev–Trinajstić information content (AvgIpc) is 2.61. The maximum Gasteiger partial charge on any atom is 0.396 e. The fourth-order valence-corrected chi connectivity index (χ4v) is 1.15. The summed E-state index contributed by atoms with van der Waals surface area (Å²) in [5.74, 6) is -0.228. The highest BCUT2D eigenvalue weighted by atomic mass is 19.4. The van der Waals surface area contributed by atoms with Crippen molar-refractivity contribution in [1.82, 2.24) is 10.1 Å². The van der Waals surface area contributed by atoms with Gasteiger partial charge in [-0.2, -0.15) is 18.2 Å². The molecule has 0 spiro atoms. The molecule has 4 nitrogen and oxygen atoms in total. The van der Waals surface area contributed by atoms with Crippen LogP contribution in [0.15, 0.2) is 4.52 Å². The topological polar surface area (TPSA) is 64.9 Å². The fourth-order valence-electron chi connectivity index (χ4n) is 1.15. The second-order valence-corrected chi connectivity index (χ2v) is 3.75. The Kier molecular flexibility index (Phi) is 3.90. The van der Waals surface area contributed by atoms with E-state index < -0.39 is 18.6 Å². The minimum absolute atomic E-state index is 0.0635. The Balaban J connectivity index is 2.71. The molecule has 0 bridgehead atoms. The lowest BCUT2D eigenvalue weighted by Gasteiger charge is -2.12. The lowest BCUT2D eigenvalue weighted by Crippen LogP contribution is -2.19. The van der Waals surface area contributed by atoms with Gasteiger partial charge in [0, 0.05) is 0 Å². The molecule has 1 heterocycles. The van der Waals surface area contributed by atoms with Crippen molar-refractivity contribution in [3.05, 3.63) is 11.7 Å². The molecule has 0 amide bonds. The molecule has 0 radical (unpaired) electrons. The maximum atomic E-state index is 12.0. The number of halogens is 3. The van der Waals surface area contributed by atoms with Crippen LogP contribution in [-0.2, 0) is 6.42 Å². The van der Waals surface area contributed by atoms with Gasteiger partial charge < -0.3 is 10.3 Å². The molecule has 0 saturated carbocycles. The Morgan fingerprint density at radius 1 is 1.44 bits per heavy atom. The quantitative estimate of drug-likeness (QED) is 0.872. The lowest BCUT2D eigenvalue weighted by molar-refractivity contribution is -0.128. The minimum Gasteiger partial charge on any atom is -0.338 e. The first-order valence-corrected chi connectivity index (χ1v) is 4.98. The molecule has 0 aromatic carbocycles. The van der Waals surface area contributed by atoms with Crippen LogP contribution in [0.4, 0.5) is 13.2 Å². The van der Waals surface area contributed by atoms with E-state index in [-0.39, 0.29) is 17.6 Å². The van der Waals surface area contributed by atoms with Gasteiger partial charge in [-0.25, -0.2) is 0 Å². The van der Waals surface area contributed by atoms with E-state index in [4.69, 9.17) is 10.3 Å². The van der Waals surface area contributed by atoms with Gasteiger partial charge in [0.05, 0.1) is 6.04 Å². The third-order valence-corrected chi connectivity index (χ3v) is 2.38. The van der Waals surface area contributed by atoms with Crippen LogP contribution in [0.3, 0.4) is 0 Å². The molecule has 1 aromatic heterocycles. The van der Waals surface area contributed by atoms with Crippen LogP contribution in [0.1, 0.15) is 38.0 Å². The highest BCUT2D eigenvalue weighted by molar-refractivity contribution is 4.94. The highest BCUT2D eigenvalue weighted by Crippen LogP contribution is 2.23. The van der Waals surface area contributed by atoms with Gasteiger partial charge in [-0.05, 0) is 5.92 Å². The first kappa shape index (κ1) is 13.0. The summed E-state index contributed by atoms with van der Waals surface area (Å²) >= 11 is 0. The molecule has 92 valence electrons. The Morgan fingerprint density at radius 2 is 2.06 bits per heavy atom. The number of nitrogens with zero attached hydrogens (tertiary/aromatic N) is 2. The number of hydrogen-bond acceptors (Lipinski definition) is 4. The summed E-state index contributed by atoms with van der Waals surface area (Å²) in [7, 11) is 0. The number of alkyl halides is 3. The van der Waals surface area contributed by atoms with E-state index in [0.717, 1.165) is 6.42 Å². The first-order valence-electron chi connectivity index (χ1n) is 4.98. The van der Waals surface area contributed by atoms with Crippen molar-refractivity contribution in [2.24, 2.45) is 11.7 Å². The lowest BCUT2D eigenvalue weighted by atomic mass is 10.0. The summed E-state index contributed by atoms with van der Waals surface area (Å²) in [6.45, 7) is 3.80. The van der Waals surface area contributed by atoms with E-state index in [1.165, 1.54) is 0 Å². The van der Waals surface area contributed by atoms with Crippen LogP contribution in [0.5, 0.6) is 0 Å². The van der Waals surface area contributed by atoms with Crippen molar-refractivity contribution >= 4 is 0 Å². The molecule has 1 rings (SSSR count). The molecule has 2 N–H and O–H groups in total. The molecule has 1 aromatic rings. The normalized spacial score (nSPS) is 16.1. The van der Waals surface area contributed by atoms with Gasteiger partial charge in [0.25, 0.3) is 0 Å². The summed E-state index contributed by atoms with van der Waals surface area (Å²) in [6.07, 6.45) is -4.73. The monoisotopic (exact) mass is 237 g/mol. The molecule has 0 aliphatic heterocycles. The summed E-state index contributed by atoms with van der Waals surface area (Å²) in [6, 6.07) is -0.514. The van der Waals surface area contributed by atoms with Crippen LogP contribution in [0, 0.1) is 5.92 Å². The van der Waals surface area contributed by atoms with E-state index in [9.17, 15) is 13.2 Å². The molecule has 0 saturated heterocycles. The van der Waals surface area contributed by atoms with E-state index in [1.807, 2.05) is 13.8 Å². The van der Waals surface area contributed by atoms with E-state index >= 15 is 0 Å². The smallest absolute Gasteiger partial charge is 0.338 e. The van der Waals surface area contributed by atoms with Gasteiger partial charge in [-0.15, -0.1) is 0 Å². The molecule has 16 heavy (non-hydrogen) atoms. The zero-order valence-electron chi connectivity index (χ0n) is 9.08. The van der Waals surface area contributed by atoms with E-state index in [1.54, 1.807) is 0 Å². The average molecular weight is 237 g/mol. The predicted octanol–water partition coefficient (Wildman–Crippen LogP) is 2.22. The van der Waals surface area contributed by atoms with Crippen molar-refractivity contribution in [2.75, 3.05) is 0 Å². The number of aromatic nitrogens is 2. The van der Waals surface area contributed by atoms with Gasteiger partial charge in [-0.1, -0.05) is 25.4 Å². The van der Waals surface area contributed by atoms with Gasteiger partial charge in [0.2, 0.25) is 5.89 Å². The SMILES string of the molecule is CCC(C)C(N)c1nc(CC(F)(F)F)no1. The van der Waals surface area contributed by atoms with Crippen LogP contribution < -0.4 is 5.73 Å². The van der Waals surface area contributed by atoms with Crippen molar-refractivity contribution in [3.8, 4) is 0 Å². The van der Waals surface area contributed by atoms with Crippen molar-refractivity contribution in [3.63, 3.8) is 0 Å². The van der Waals surface area contributed by atoms with Crippen LogP contribution in [0.2, 0.25) is 0 Å². The Morgan fingerprint density at radius 3 is 2.56 bits per heavy atom. The Hall–Kier alpha value is -1.11. The highest BCUT2D eigenvalue weighted by Gasteiger charge is 2.31. The molecular weight excluding hydrogens is 223 g/mol. The third kappa shape index (κ3) is 3.48. The fraction of sp³-hybridized carbons (Fsp3) is 0.778. The summed E-state index contributed by atoms with van der Waals surface area (Å²) < 4.78 is 40.8. The van der Waals surface area contributed by atoms with Crippen molar-refractivity contribution in [1.29, 1.82) is 0 Å². The van der Waals surface area contributed by atoms with Crippen LogP contribution in [0.25, 0.3) is 0 Å². The largest absolute Gasteiger partial charge is 0.396 e. The Labute approximate surface area is 91.0 Å². The van der Waals surface area contributed by atoms with Crippen LogP contribution >= 0.6 is 0 Å². The van der Waals surface area contributed by atoms with Gasteiger partial charge in [0.1, 0.15) is 6.42 Å². The van der Waals surface area contributed by atoms with Gasteiger partial charge in [-0.3, -0.25) is 0 Å². The first-order chi connectivity index (χ1) is 7.33. The molecule has 7 heteroatoms. The Bertz CT molecular complexity index is 337. The third-order valence-electron chi connectivity index (χ3n) is 2.38. The van der Waals surface area contributed by atoms with Gasteiger partial charge in [0.15, 0.2) is 5.82 Å². The minimum atomic E-state index is -4.33. The summed E-state index contributed by atoms with van der Waals surface area (Å²) in [5.41, 5.74) is 5.75. The number of hydrogen-bond donors (Lipinski definition) is 1. The molecular formula is C9H14F3N3O. The van der Waals surface area contributed by atoms with Crippen LogP contribution in [-0.4, -0.2) is 16.3 Å². The maximum absolute atomic E-state index is 12.0. The predicted molar refractivity (Wildman–Crippen MR) is 50.4 cm³/mol. The second-order valence-electron chi connectivity index (χ2n) is 3.75.